The van der Waals surface area contributed by atoms with Gasteiger partial charge in [-0.25, -0.2) is 4.98 Å². The molecule has 5 nitrogen and oxygen atoms in total. The Morgan fingerprint density at radius 3 is 3.10 bits per heavy atom. The smallest absolute Gasteiger partial charge is 0.195 e. The highest BCUT2D eigenvalue weighted by Gasteiger charge is 2.18. The third-order valence-corrected chi connectivity index (χ3v) is 4.09. The van der Waals surface area contributed by atoms with Crippen LogP contribution in [-0.2, 0) is 13.0 Å². The Kier molecular flexibility index (Phi) is 3.75. The minimum atomic E-state index is 0.620. The van der Waals surface area contributed by atoms with Crippen LogP contribution in [-0.4, -0.2) is 22.5 Å². The van der Waals surface area contributed by atoms with E-state index in [4.69, 9.17) is 15.1 Å². The molecule has 0 radical (unpaired) electrons. The average Bonchev–Trinajstić information content (AvgIpc) is 3.14. The van der Waals surface area contributed by atoms with Gasteiger partial charge in [-0.15, -0.1) is 11.3 Å². The van der Waals surface area contributed by atoms with Crippen LogP contribution >= 0.6 is 11.3 Å². The van der Waals surface area contributed by atoms with E-state index in [9.17, 15) is 0 Å². The van der Waals surface area contributed by atoms with E-state index < -0.39 is 0 Å². The fourth-order valence-corrected chi connectivity index (χ4v) is 3.10. The Balaban J connectivity index is 1.97. The SMILES string of the molecule is CCN(Cc1ccco1)c1nc2sccn2c1CCN. The summed E-state index contributed by atoms with van der Waals surface area (Å²) in [5.74, 6) is 1.96. The van der Waals surface area contributed by atoms with Gasteiger partial charge in [-0.1, -0.05) is 0 Å². The standard InChI is InChI=1S/C14H18N4OS/c1-2-17(10-11-4-3-8-19-11)13-12(5-6-15)18-7-9-20-14(18)16-13/h3-4,7-9H,2,5-6,10,15H2,1H3. The number of anilines is 1. The number of nitrogens with zero attached hydrogens (tertiary/aromatic N) is 3. The second-order valence-corrected chi connectivity index (χ2v) is 5.44. The van der Waals surface area contributed by atoms with E-state index in [1.165, 1.54) is 5.69 Å². The summed E-state index contributed by atoms with van der Waals surface area (Å²) in [5, 5.41) is 2.05. The van der Waals surface area contributed by atoms with Gasteiger partial charge in [0.05, 0.1) is 18.5 Å². The summed E-state index contributed by atoms with van der Waals surface area (Å²) < 4.78 is 7.58. The van der Waals surface area contributed by atoms with E-state index >= 15 is 0 Å². The van der Waals surface area contributed by atoms with Crippen molar-refractivity contribution in [2.24, 2.45) is 5.73 Å². The molecule has 3 heterocycles. The van der Waals surface area contributed by atoms with Crippen molar-refractivity contribution in [3.05, 3.63) is 41.4 Å². The third kappa shape index (κ3) is 2.32. The molecule has 3 aromatic rings. The maximum Gasteiger partial charge on any atom is 0.195 e. The molecule has 3 rings (SSSR count). The molecule has 0 unspecified atom stereocenters. The fraction of sp³-hybridized carbons (Fsp3) is 0.357. The molecule has 6 heteroatoms. The van der Waals surface area contributed by atoms with Crippen LogP contribution in [0.2, 0.25) is 0 Å². The van der Waals surface area contributed by atoms with Gasteiger partial charge >= 0.3 is 0 Å². The van der Waals surface area contributed by atoms with Crippen LogP contribution in [0.5, 0.6) is 0 Å². The van der Waals surface area contributed by atoms with Gasteiger partial charge in [0, 0.05) is 24.5 Å². The Hall–Kier alpha value is -1.79. The first-order valence-corrected chi connectivity index (χ1v) is 7.63. The topological polar surface area (TPSA) is 59.7 Å². The van der Waals surface area contributed by atoms with Crippen LogP contribution in [0.25, 0.3) is 4.96 Å². The normalized spacial score (nSPS) is 11.3. The molecule has 0 saturated heterocycles. The van der Waals surface area contributed by atoms with Crippen molar-refractivity contribution in [3.63, 3.8) is 0 Å². The summed E-state index contributed by atoms with van der Waals surface area (Å²) >= 11 is 1.64. The highest BCUT2D eigenvalue weighted by Crippen LogP contribution is 2.26. The molecule has 0 fully saturated rings. The molecule has 2 N–H and O–H groups in total. The fourth-order valence-electron chi connectivity index (χ4n) is 2.37. The van der Waals surface area contributed by atoms with E-state index in [1.54, 1.807) is 17.6 Å². The number of nitrogens with two attached hydrogens (primary N) is 1. The van der Waals surface area contributed by atoms with Crippen LogP contribution in [0.4, 0.5) is 5.82 Å². The van der Waals surface area contributed by atoms with Crippen molar-refractivity contribution >= 4 is 22.1 Å². The highest BCUT2D eigenvalue weighted by atomic mass is 32.1. The molecular weight excluding hydrogens is 272 g/mol. The molecule has 0 saturated carbocycles. The highest BCUT2D eigenvalue weighted by molar-refractivity contribution is 7.15. The molecule has 20 heavy (non-hydrogen) atoms. The molecule has 0 aliphatic rings. The largest absolute Gasteiger partial charge is 0.467 e. The van der Waals surface area contributed by atoms with Crippen molar-refractivity contribution in [2.75, 3.05) is 18.0 Å². The Bertz CT molecular complexity index is 671. The van der Waals surface area contributed by atoms with Gasteiger partial charge in [0.25, 0.3) is 0 Å². The van der Waals surface area contributed by atoms with Crippen LogP contribution in [0.15, 0.2) is 34.4 Å². The number of hydrogen-bond acceptors (Lipinski definition) is 5. The third-order valence-electron chi connectivity index (χ3n) is 3.33. The number of imidazole rings is 1. The van der Waals surface area contributed by atoms with Gasteiger partial charge in [0.15, 0.2) is 10.8 Å². The van der Waals surface area contributed by atoms with E-state index in [0.717, 1.165) is 36.0 Å². The van der Waals surface area contributed by atoms with Crippen LogP contribution in [0.1, 0.15) is 18.4 Å². The van der Waals surface area contributed by atoms with Gasteiger partial charge in [-0.05, 0) is 25.6 Å². The number of thiazole rings is 1. The lowest BCUT2D eigenvalue weighted by Gasteiger charge is -2.20. The molecule has 106 valence electrons. The second-order valence-electron chi connectivity index (χ2n) is 4.57. The summed E-state index contributed by atoms with van der Waals surface area (Å²) in [6.45, 7) is 4.35. The molecular formula is C14H18N4OS. The van der Waals surface area contributed by atoms with Crippen molar-refractivity contribution in [1.82, 2.24) is 9.38 Å². The molecule has 0 amide bonds. The lowest BCUT2D eigenvalue weighted by molar-refractivity contribution is 0.502. The first-order valence-electron chi connectivity index (χ1n) is 6.75. The Morgan fingerprint density at radius 1 is 1.50 bits per heavy atom. The summed E-state index contributed by atoms with van der Waals surface area (Å²) in [4.78, 5) is 7.99. The average molecular weight is 290 g/mol. The lowest BCUT2D eigenvalue weighted by atomic mass is 10.2. The molecule has 0 spiro atoms. The van der Waals surface area contributed by atoms with E-state index in [-0.39, 0.29) is 0 Å². The molecule has 0 aromatic carbocycles. The molecule has 0 bridgehead atoms. The zero-order chi connectivity index (χ0) is 13.9. The maximum absolute atomic E-state index is 5.75. The van der Waals surface area contributed by atoms with E-state index in [0.29, 0.717) is 6.54 Å². The Morgan fingerprint density at radius 2 is 2.40 bits per heavy atom. The van der Waals surface area contributed by atoms with Crippen molar-refractivity contribution < 1.29 is 4.42 Å². The van der Waals surface area contributed by atoms with Gasteiger partial charge in [0.2, 0.25) is 0 Å². The molecule has 0 aliphatic carbocycles. The summed E-state index contributed by atoms with van der Waals surface area (Å²) in [5.41, 5.74) is 6.93. The number of fused-ring (bicyclic) bond motifs is 1. The summed E-state index contributed by atoms with van der Waals surface area (Å²) in [7, 11) is 0. The summed E-state index contributed by atoms with van der Waals surface area (Å²) in [6.07, 6.45) is 4.58. The molecule has 0 aliphatic heterocycles. The Labute approximate surface area is 121 Å². The lowest BCUT2D eigenvalue weighted by Crippen LogP contribution is -2.24. The van der Waals surface area contributed by atoms with Gasteiger partial charge < -0.3 is 15.1 Å². The quantitative estimate of drug-likeness (QED) is 0.758. The van der Waals surface area contributed by atoms with Crippen LogP contribution in [0.3, 0.4) is 0 Å². The van der Waals surface area contributed by atoms with Crippen LogP contribution < -0.4 is 10.6 Å². The first-order chi connectivity index (χ1) is 9.83. The minimum Gasteiger partial charge on any atom is -0.467 e. The number of hydrogen-bond donors (Lipinski definition) is 1. The minimum absolute atomic E-state index is 0.620. The zero-order valence-electron chi connectivity index (χ0n) is 11.5. The van der Waals surface area contributed by atoms with Crippen LogP contribution in [0, 0.1) is 0 Å². The number of rotatable bonds is 6. The number of furan rings is 1. The van der Waals surface area contributed by atoms with Gasteiger partial charge in [0.1, 0.15) is 5.76 Å². The van der Waals surface area contributed by atoms with E-state index in [1.807, 2.05) is 12.1 Å². The predicted molar refractivity (Wildman–Crippen MR) is 81.3 cm³/mol. The van der Waals surface area contributed by atoms with Gasteiger partial charge in [-0.3, -0.25) is 4.40 Å². The first kappa shape index (κ1) is 13.2. The second kappa shape index (κ2) is 5.68. The van der Waals surface area contributed by atoms with Crippen molar-refractivity contribution in [1.29, 1.82) is 0 Å². The summed E-state index contributed by atoms with van der Waals surface area (Å²) in [6, 6.07) is 3.90. The van der Waals surface area contributed by atoms with Gasteiger partial charge in [-0.2, -0.15) is 0 Å². The molecule has 0 atom stereocenters. The maximum atomic E-state index is 5.75. The molecule has 3 aromatic heterocycles. The van der Waals surface area contributed by atoms with Crippen molar-refractivity contribution in [2.45, 2.75) is 19.9 Å². The number of aromatic nitrogens is 2. The zero-order valence-corrected chi connectivity index (χ0v) is 12.3. The van der Waals surface area contributed by atoms with E-state index in [2.05, 4.69) is 27.8 Å². The predicted octanol–water partition coefficient (Wildman–Crippen LogP) is 2.52. The van der Waals surface area contributed by atoms with Crippen molar-refractivity contribution in [3.8, 4) is 0 Å². The monoisotopic (exact) mass is 290 g/mol.